The van der Waals surface area contributed by atoms with Crippen molar-refractivity contribution in [1.82, 2.24) is 5.32 Å². The summed E-state index contributed by atoms with van der Waals surface area (Å²) in [6.45, 7) is 2.15. The Morgan fingerprint density at radius 1 is 0.724 bits per heavy atom. The molecule has 146 valence electrons. The van der Waals surface area contributed by atoms with Crippen LogP contribution in [-0.4, -0.2) is 11.7 Å². The molecule has 0 saturated heterocycles. The van der Waals surface area contributed by atoms with E-state index in [0.717, 1.165) is 30.8 Å². The molecule has 0 amide bonds. The number of hydrogen-bond donors (Lipinski definition) is 2. The van der Waals surface area contributed by atoms with Crippen LogP contribution in [0.25, 0.3) is 10.8 Å². The molecule has 0 unspecified atom stereocenters. The van der Waals surface area contributed by atoms with Gasteiger partial charge in [-0.2, -0.15) is 0 Å². The number of nitrogens with one attached hydrogen (secondary N) is 1. The lowest BCUT2D eigenvalue weighted by Gasteiger charge is -2.15. The summed E-state index contributed by atoms with van der Waals surface area (Å²) in [6.07, 6.45) is 0.908. The Balaban J connectivity index is 1.47. The second kappa shape index (κ2) is 9.26. The van der Waals surface area contributed by atoms with Gasteiger partial charge in [0, 0.05) is 12.1 Å². The first-order valence-electron chi connectivity index (χ1n) is 9.95. The van der Waals surface area contributed by atoms with Crippen molar-refractivity contribution in [3.05, 3.63) is 108 Å². The maximum atomic E-state index is 9.41. The van der Waals surface area contributed by atoms with E-state index in [1.54, 1.807) is 12.1 Å². The van der Waals surface area contributed by atoms with Crippen molar-refractivity contribution in [2.45, 2.75) is 19.6 Å². The minimum Gasteiger partial charge on any atom is -0.508 e. The molecule has 3 nitrogen and oxygen atoms in total. The Morgan fingerprint density at radius 3 is 2.31 bits per heavy atom. The molecule has 0 spiro atoms. The lowest BCUT2D eigenvalue weighted by molar-refractivity contribution is 0.303. The maximum Gasteiger partial charge on any atom is 0.124 e. The van der Waals surface area contributed by atoms with Gasteiger partial charge in [-0.05, 0) is 53.1 Å². The van der Waals surface area contributed by atoms with E-state index < -0.39 is 0 Å². The molecular formula is C26H25NO2. The van der Waals surface area contributed by atoms with Gasteiger partial charge < -0.3 is 15.2 Å². The van der Waals surface area contributed by atoms with Crippen molar-refractivity contribution in [3.8, 4) is 11.5 Å². The van der Waals surface area contributed by atoms with Gasteiger partial charge in [-0.3, -0.25) is 0 Å². The molecule has 2 N–H and O–H groups in total. The molecule has 0 atom stereocenters. The Bertz CT molecular complexity index is 1060. The summed E-state index contributed by atoms with van der Waals surface area (Å²) in [4.78, 5) is 0. The molecule has 4 aromatic rings. The van der Waals surface area contributed by atoms with Gasteiger partial charge in [-0.15, -0.1) is 0 Å². The van der Waals surface area contributed by atoms with Crippen molar-refractivity contribution in [2.24, 2.45) is 0 Å². The van der Waals surface area contributed by atoms with E-state index in [1.165, 1.54) is 21.9 Å². The molecule has 29 heavy (non-hydrogen) atoms. The van der Waals surface area contributed by atoms with Crippen molar-refractivity contribution in [1.29, 1.82) is 0 Å². The molecule has 0 aromatic heterocycles. The summed E-state index contributed by atoms with van der Waals surface area (Å²) in [5.41, 5.74) is 3.55. The number of phenols is 1. The maximum absolute atomic E-state index is 9.41. The molecule has 0 saturated carbocycles. The third kappa shape index (κ3) is 4.95. The average molecular weight is 383 g/mol. The number of aromatic hydroxyl groups is 1. The normalized spacial score (nSPS) is 10.9. The third-order valence-corrected chi connectivity index (χ3v) is 5.06. The quantitative estimate of drug-likeness (QED) is 0.397. The number of ether oxygens (including phenoxy) is 1. The third-order valence-electron chi connectivity index (χ3n) is 5.06. The minimum atomic E-state index is 0.303. The van der Waals surface area contributed by atoms with Crippen LogP contribution < -0.4 is 10.1 Å². The molecule has 0 heterocycles. The summed E-state index contributed by atoms with van der Waals surface area (Å²) in [6, 6.07) is 30.2. The smallest absolute Gasteiger partial charge is 0.124 e. The fourth-order valence-corrected chi connectivity index (χ4v) is 3.48. The SMILES string of the molecule is Oc1ccc(CCNCc2c(OCc3ccccc3)ccc3ccccc23)cc1. The predicted octanol–water partition coefficient (Wildman–Crippen LogP) is 5.46. The summed E-state index contributed by atoms with van der Waals surface area (Å²) < 4.78 is 6.19. The average Bonchev–Trinajstić information content (AvgIpc) is 2.77. The van der Waals surface area contributed by atoms with Crippen LogP contribution in [0.4, 0.5) is 0 Å². The molecule has 0 aliphatic rings. The van der Waals surface area contributed by atoms with Gasteiger partial charge in [0.25, 0.3) is 0 Å². The van der Waals surface area contributed by atoms with Gasteiger partial charge in [-0.1, -0.05) is 72.8 Å². The number of rotatable bonds is 8. The molecule has 0 aliphatic carbocycles. The van der Waals surface area contributed by atoms with Crippen LogP contribution in [0.15, 0.2) is 91.0 Å². The van der Waals surface area contributed by atoms with Gasteiger partial charge in [0.15, 0.2) is 0 Å². The zero-order valence-electron chi connectivity index (χ0n) is 16.3. The highest BCUT2D eigenvalue weighted by molar-refractivity contribution is 5.87. The minimum absolute atomic E-state index is 0.303. The largest absolute Gasteiger partial charge is 0.508 e. The molecule has 0 fully saturated rings. The molecule has 4 aromatic carbocycles. The van der Waals surface area contributed by atoms with Crippen molar-refractivity contribution >= 4 is 10.8 Å². The first kappa shape index (κ1) is 19.0. The van der Waals surface area contributed by atoms with Crippen LogP contribution in [-0.2, 0) is 19.6 Å². The van der Waals surface area contributed by atoms with Gasteiger partial charge in [-0.25, -0.2) is 0 Å². The molecular weight excluding hydrogens is 358 g/mol. The summed E-state index contributed by atoms with van der Waals surface area (Å²) in [5.74, 6) is 1.22. The van der Waals surface area contributed by atoms with Crippen LogP contribution in [0, 0.1) is 0 Å². The first-order chi connectivity index (χ1) is 14.3. The zero-order valence-corrected chi connectivity index (χ0v) is 16.3. The van der Waals surface area contributed by atoms with Gasteiger partial charge in [0.1, 0.15) is 18.1 Å². The summed E-state index contributed by atoms with van der Waals surface area (Å²) >= 11 is 0. The molecule has 0 radical (unpaired) electrons. The summed E-state index contributed by atoms with van der Waals surface area (Å²) in [5, 5.41) is 15.4. The highest BCUT2D eigenvalue weighted by Crippen LogP contribution is 2.28. The molecule has 3 heteroatoms. The lowest BCUT2D eigenvalue weighted by Crippen LogP contribution is -2.17. The predicted molar refractivity (Wildman–Crippen MR) is 118 cm³/mol. The van der Waals surface area contributed by atoms with E-state index in [-0.39, 0.29) is 0 Å². The van der Waals surface area contributed by atoms with E-state index in [2.05, 4.69) is 53.8 Å². The van der Waals surface area contributed by atoms with Crippen molar-refractivity contribution in [2.75, 3.05) is 6.54 Å². The summed E-state index contributed by atoms with van der Waals surface area (Å²) in [7, 11) is 0. The second-order valence-electron chi connectivity index (χ2n) is 7.13. The van der Waals surface area contributed by atoms with E-state index in [9.17, 15) is 5.11 Å². The fourth-order valence-electron chi connectivity index (χ4n) is 3.48. The van der Waals surface area contributed by atoms with Crippen LogP contribution in [0.3, 0.4) is 0 Å². The van der Waals surface area contributed by atoms with Crippen LogP contribution in [0.2, 0.25) is 0 Å². The van der Waals surface area contributed by atoms with E-state index >= 15 is 0 Å². The van der Waals surface area contributed by atoms with E-state index in [1.807, 2.05) is 30.3 Å². The van der Waals surface area contributed by atoms with Gasteiger partial charge in [0.2, 0.25) is 0 Å². The number of fused-ring (bicyclic) bond motifs is 1. The van der Waals surface area contributed by atoms with Crippen molar-refractivity contribution in [3.63, 3.8) is 0 Å². The first-order valence-corrected chi connectivity index (χ1v) is 9.95. The second-order valence-corrected chi connectivity index (χ2v) is 7.13. The Kier molecular flexibility index (Phi) is 6.08. The van der Waals surface area contributed by atoms with Crippen molar-refractivity contribution < 1.29 is 9.84 Å². The van der Waals surface area contributed by atoms with Crippen LogP contribution >= 0.6 is 0 Å². The Labute approximate surface area is 171 Å². The Morgan fingerprint density at radius 2 is 1.48 bits per heavy atom. The van der Waals surface area contributed by atoms with Gasteiger partial charge >= 0.3 is 0 Å². The zero-order chi connectivity index (χ0) is 19.9. The van der Waals surface area contributed by atoms with E-state index in [0.29, 0.717) is 12.4 Å². The topological polar surface area (TPSA) is 41.5 Å². The fraction of sp³-hybridized carbons (Fsp3) is 0.154. The highest BCUT2D eigenvalue weighted by atomic mass is 16.5. The molecule has 0 aliphatic heterocycles. The lowest BCUT2D eigenvalue weighted by atomic mass is 10.0. The monoisotopic (exact) mass is 383 g/mol. The van der Waals surface area contributed by atoms with Gasteiger partial charge in [0.05, 0.1) is 0 Å². The number of phenolic OH excluding ortho intramolecular Hbond substituents is 1. The highest BCUT2D eigenvalue weighted by Gasteiger charge is 2.09. The van der Waals surface area contributed by atoms with Crippen LogP contribution in [0.5, 0.6) is 11.5 Å². The Hall–Kier alpha value is -3.30. The van der Waals surface area contributed by atoms with E-state index in [4.69, 9.17) is 4.74 Å². The number of hydrogen-bond acceptors (Lipinski definition) is 3. The standard InChI is InChI=1S/C26H25NO2/c28-23-13-10-20(11-14-23)16-17-27-18-25-24-9-5-4-8-22(24)12-15-26(25)29-19-21-6-2-1-3-7-21/h1-15,27-28H,16-19H2. The van der Waals surface area contributed by atoms with Crippen LogP contribution in [0.1, 0.15) is 16.7 Å². The molecule has 4 rings (SSSR count). The molecule has 0 bridgehead atoms. The number of benzene rings is 4.